The monoisotopic (exact) mass is 248 g/mol. The van der Waals surface area contributed by atoms with Gasteiger partial charge in [0.1, 0.15) is 17.4 Å². The van der Waals surface area contributed by atoms with Crippen molar-refractivity contribution in [3.63, 3.8) is 0 Å². The van der Waals surface area contributed by atoms with Crippen LogP contribution in [-0.4, -0.2) is 12.0 Å². The zero-order chi connectivity index (χ0) is 12.1. The largest absolute Gasteiger partial charge is 0.486 e. The summed E-state index contributed by atoms with van der Waals surface area (Å²) in [7, 11) is 1.94. The molecule has 90 valence electrons. The van der Waals surface area contributed by atoms with Gasteiger partial charge in [0.25, 0.3) is 0 Å². The Bertz CT molecular complexity index is 482. The third-order valence-corrected chi connectivity index (χ3v) is 3.25. The van der Waals surface area contributed by atoms with Crippen LogP contribution in [0.3, 0.4) is 0 Å². The molecule has 0 aliphatic rings. The van der Waals surface area contributed by atoms with Crippen LogP contribution in [0.1, 0.15) is 16.3 Å². The Morgan fingerprint density at radius 1 is 1.41 bits per heavy atom. The minimum atomic E-state index is 0.543. The van der Waals surface area contributed by atoms with Crippen LogP contribution in [0.25, 0.3) is 0 Å². The van der Waals surface area contributed by atoms with Crippen molar-refractivity contribution in [3.8, 4) is 5.75 Å². The molecule has 2 aromatic rings. The summed E-state index contributed by atoms with van der Waals surface area (Å²) < 4.78 is 5.71. The topological polar surface area (TPSA) is 34.1 Å². The summed E-state index contributed by atoms with van der Waals surface area (Å²) >= 11 is 1.63. The van der Waals surface area contributed by atoms with Crippen LogP contribution in [0.15, 0.2) is 29.6 Å². The van der Waals surface area contributed by atoms with Crippen LogP contribution >= 0.6 is 11.3 Å². The lowest BCUT2D eigenvalue weighted by atomic mass is 10.2. The molecule has 2 rings (SSSR count). The van der Waals surface area contributed by atoms with Gasteiger partial charge in [-0.2, -0.15) is 0 Å². The number of benzene rings is 1. The number of hydrogen-bond acceptors (Lipinski definition) is 4. The highest BCUT2D eigenvalue weighted by molar-refractivity contribution is 7.09. The first kappa shape index (κ1) is 12.1. The van der Waals surface area contributed by atoms with Crippen LogP contribution in [0.5, 0.6) is 5.75 Å². The van der Waals surface area contributed by atoms with Gasteiger partial charge in [0.05, 0.1) is 0 Å². The van der Waals surface area contributed by atoms with E-state index in [2.05, 4.69) is 22.4 Å². The Labute approximate surface area is 105 Å². The van der Waals surface area contributed by atoms with Gasteiger partial charge in [0.2, 0.25) is 0 Å². The molecule has 0 aliphatic carbocycles. The number of ether oxygens (including phenoxy) is 1. The number of nitrogens with one attached hydrogen (secondary N) is 1. The molecule has 0 bridgehead atoms. The van der Waals surface area contributed by atoms with Crippen molar-refractivity contribution in [1.82, 2.24) is 10.3 Å². The van der Waals surface area contributed by atoms with E-state index < -0.39 is 0 Å². The summed E-state index contributed by atoms with van der Waals surface area (Å²) in [6.45, 7) is 3.39. The van der Waals surface area contributed by atoms with E-state index in [9.17, 15) is 0 Å². The predicted molar refractivity (Wildman–Crippen MR) is 70.4 cm³/mol. The smallest absolute Gasteiger partial charge is 0.140 e. The van der Waals surface area contributed by atoms with Crippen molar-refractivity contribution in [1.29, 1.82) is 0 Å². The van der Waals surface area contributed by atoms with Gasteiger partial charge in [-0.15, -0.1) is 11.3 Å². The van der Waals surface area contributed by atoms with Gasteiger partial charge in [-0.3, -0.25) is 0 Å². The van der Waals surface area contributed by atoms with Crippen LogP contribution in [0, 0.1) is 6.92 Å². The lowest BCUT2D eigenvalue weighted by Gasteiger charge is -2.06. The molecule has 1 aromatic heterocycles. The van der Waals surface area contributed by atoms with Gasteiger partial charge in [-0.05, 0) is 31.7 Å². The minimum Gasteiger partial charge on any atom is -0.486 e. The molecular weight excluding hydrogens is 232 g/mol. The molecule has 0 saturated heterocycles. The summed E-state index contributed by atoms with van der Waals surface area (Å²) in [4.78, 5) is 4.37. The SMILES string of the molecule is CNCc1cccc(OCc2nc(C)cs2)c1. The van der Waals surface area contributed by atoms with Gasteiger partial charge < -0.3 is 10.1 Å². The van der Waals surface area contributed by atoms with E-state index >= 15 is 0 Å². The fourth-order valence-electron chi connectivity index (χ4n) is 1.56. The first-order chi connectivity index (χ1) is 8.28. The molecular formula is C13H16N2OS. The van der Waals surface area contributed by atoms with Crippen molar-refractivity contribution in [2.24, 2.45) is 0 Å². The van der Waals surface area contributed by atoms with E-state index in [4.69, 9.17) is 4.74 Å². The van der Waals surface area contributed by atoms with E-state index in [1.807, 2.05) is 31.5 Å². The van der Waals surface area contributed by atoms with E-state index in [1.165, 1.54) is 5.56 Å². The Kier molecular flexibility index (Phi) is 4.12. The summed E-state index contributed by atoms with van der Waals surface area (Å²) in [6, 6.07) is 8.11. The van der Waals surface area contributed by atoms with E-state index in [-0.39, 0.29) is 0 Å². The Hall–Kier alpha value is -1.39. The molecule has 0 radical (unpaired) electrons. The summed E-state index contributed by atoms with van der Waals surface area (Å²) in [5.41, 5.74) is 2.28. The molecule has 17 heavy (non-hydrogen) atoms. The maximum atomic E-state index is 5.71. The lowest BCUT2D eigenvalue weighted by Crippen LogP contribution is -2.05. The number of hydrogen-bond donors (Lipinski definition) is 1. The Morgan fingerprint density at radius 2 is 2.29 bits per heavy atom. The average Bonchev–Trinajstić information content (AvgIpc) is 2.74. The maximum Gasteiger partial charge on any atom is 0.140 e. The third-order valence-electron chi connectivity index (χ3n) is 2.31. The Balaban J connectivity index is 1.96. The zero-order valence-corrected chi connectivity index (χ0v) is 10.9. The molecule has 0 atom stereocenters. The fraction of sp³-hybridized carbons (Fsp3) is 0.308. The molecule has 0 fully saturated rings. The van der Waals surface area contributed by atoms with Crippen LogP contribution in [0.2, 0.25) is 0 Å². The van der Waals surface area contributed by atoms with Gasteiger partial charge in [-0.1, -0.05) is 12.1 Å². The van der Waals surface area contributed by atoms with Crippen LogP contribution < -0.4 is 10.1 Å². The van der Waals surface area contributed by atoms with E-state index in [1.54, 1.807) is 11.3 Å². The number of aryl methyl sites for hydroxylation is 1. The molecule has 0 aliphatic heterocycles. The standard InChI is InChI=1S/C13H16N2OS/c1-10-9-17-13(15-10)8-16-12-5-3-4-11(6-12)7-14-2/h3-6,9,14H,7-8H2,1-2H3. The van der Waals surface area contributed by atoms with Crippen molar-refractivity contribution in [3.05, 3.63) is 45.9 Å². The van der Waals surface area contributed by atoms with Crippen LogP contribution in [0.4, 0.5) is 0 Å². The highest BCUT2D eigenvalue weighted by atomic mass is 32.1. The van der Waals surface area contributed by atoms with Crippen molar-refractivity contribution in [2.45, 2.75) is 20.1 Å². The lowest BCUT2D eigenvalue weighted by molar-refractivity contribution is 0.305. The van der Waals surface area contributed by atoms with Gasteiger partial charge >= 0.3 is 0 Å². The summed E-state index contributed by atoms with van der Waals surface area (Å²) in [5, 5.41) is 6.18. The molecule has 3 nitrogen and oxygen atoms in total. The van der Waals surface area contributed by atoms with Crippen molar-refractivity contribution >= 4 is 11.3 Å². The molecule has 0 amide bonds. The first-order valence-corrected chi connectivity index (χ1v) is 6.43. The van der Waals surface area contributed by atoms with Crippen molar-refractivity contribution < 1.29 is 4.74 Å². The fourth-order valence-corrected chi connectivity index (χ4v) is 2.25. The zero-order valence-electron chi connectivity index (χ0n) is 10.1. The van der Waals surface area contributed by atoms with E-state index in [0.717, 1.165) is 23.0 Å². The van der Waals surface area contributed by atoms with Crippen molar-refractivity contribution in [2.75, 3.05) is 7.05 Å². The molecule has 1 heterocycles. The normalized spacial score (nSPS) is 10.5. The minimum absolute atomic E-state index is 0.543. The third kappa shape index (κ3) is 3.54. The maximum absolute atomic E-state index is 5.71. The number of thiazole rings is 1. The highest BCUT2D eigenvalue weighted by Gasteiger charge is 2.01. The van der Waals surface area contributed by atoms with Gasteiger partial charge in [-0.25, -0.2) is 4.98 Å². The second kappa shape index (κ2) is 5.80. The quantitative estimate of drug-likeness (QED) is 0.883. The molecule has 0 unspecified atom stereocenters. The van der Waals surface area contributed by atoms with E-state index in [0.29, 0.717) is 6.61 Å². The molecule has 0 saturated carbocycles. The predicted octanol–water partition coefficient (Wildman–Crippen LogP) is 2.75. The molecule has 4 heteroatoms. The summed E-state index contributed by atoms with van der Waals surface area (Å²) in [5.74, 6) is 0.894. The first-order valence-electron chi connectivity index (χ1n) is 5.55. The second-order valence-corrected chi connectivity index (χ2v) is 4.79. The van der Waals surface area contributed by atoms with Crippen LogP contribution in [-0.2, 0) is 13.2 Å². The van der Waals surface area contributed by atoms with Gasteiger partial charge in [0.15, 0.2) is 0 Å². The number of aromatic nitrogens is 1. The second-order valence-electron chi connectivity index (χ2n) is 3.85. The Morgan fingerprint density at radius 3 is 3.00 bits per heavy atom. The molecule has 1 N–H and O–H groups in total. The average molecular weight is 248 g/mol. The molecule has 0 spiro atoms. The highest BCUT2D eigenvalue weighted by Crippen LogP contribution is 2.16. The van der Waals surface area contributed by atoms with Gasteiger partial charge in [0, 0.05) is 17.6 Å². The number of rotatable bonds is 5. The summed E-state index contributed by atoms with van der Waals surface area (Å²) in [6.07, 6.45) is 0. The number of nitrogens with zero attached hydrogens (tertiary/aromatic N) is 1. The molecule has 1 aromatic carbocycles.